The molecule has 1 radical (unpaired) electrons. The van der Waals surface area contributed by atoms with Crippen molar-refractivity contribution < 1.29 is 18.6 Å². The molecule has 1 saturated heterocycles. The molecule has 0 amide bonds. The summed E-state index contributed by atoms with van der Waals surface area (Å²) in [7, 11) is -1.27. The van der Waals surface area contributed by atoms with Gasteiger partial charge in [0.25, 0.3) is 5.97 Å². The largest absolute Gasteiger partial charge is 0.325 e. The van der Waals surface area contributed by atoms with Gasteiger partial charge in [-0.3, -0.25) is 9.09 Å². The van der Waals surface area contributed by atoms with Crippen molar-refractivity contribution in [2.75, 3.05) is 6.61 Å². The number of ether oxygens (including phenoxy) is 2. The smallest absolute Gasteiger partial charge is 0.285 e. The molecule has 6 heteroatoms. The van der Waals surface area contributed by atoms with Crippen molar-refractivity contribution in [3.63, 3.8) is 0 Å². The van der Waals surface area contributed by atoms with Crippen molar-refractivity contribution in [1.29, 1.82) is 0 Å². The standard InChI is InChI=1S/C5H11O4P.Na/c1-4-3-7-5(2,8-4)9-10-6;/h4H,3,10H2,1-2H3;. The van der Waals surface area contributed by atoms with E-state index in [4.69, 9.17) is 14.0 Å². The Morgan fingerprint density at radius 2 is 2.36 bits per heavy atom. The number of hydrogen-bond acceptors (Lipinski definition) is 4. The van der Waals surface area contributed by atoms with Crippen LogP contribution in [0.15, 0.2) is 0 Å². The quantitative estimate of drug-likeness (QED) is 0.466. The maximum atomic E-state index is 10.1. The van der Waals surface area contributed by atoms with Crippen LogP contribution in [0.5, 0.6) is 0 Å². The summed E-state index contributed by atoms with van der Waals surface area (Å²) in [6, 6.07) is 0. The van der Waals surface area contributed by atoms with Crippen LogP contribution in [0, 0.1) is 0 Å². The maximum Gasteiger partial charge on any atom is 0.285 e. The van der Waals surface area contributed by atoms with E-state index in [2.05, 4.69) is 0 Å². The first kappa shape index (κ1) is 12.1. The van der Waals surface area contributed by atoms with Crippen LogP contribution in [0.2, 0.25) is 0 Å². The Kier molecular flexibility index (Phi) is 5.48. The minimum absolute atomic E-state index is 0. The van der Waals surface area contributed by atoms with Crippen LogP contribution in [-0.2, 0) is 18.6 Å². The molecule has 1 heterocycles. The summed E-state index contributed by atoms with van der Waals surface area (Å²) in [6.07, 6.45) is 0.0240. The number of hydrogen-bond donors (Lipinski definition) is 0. The Bertz CT molecular complexity index is 144. The molecule has 4 nitrogen and oxygen atoms in total. The summed E-state index contributed by atoms with van der Waals surface area (Å²) in [5, 5.41) is 0. The van der Waals surface area contributed by atoms with Gasteiger partial charge in [-0.05, 0) is 6.92 Å². The second kappa shape index (κ2) is 4.97. The molecular weight excluding hydrogens is 178 g/mol. The van der Waals surface area contributed by atoms with Crippen molar-refractivity contribution in [1.82, 2.24) is 0 Å². The third-order valence-corrected chi connectivity index (χ3v) is 1.78. The van der Waals surface area contributed by atoms with E-state index in [1.54, 1.807) is 6.92 Å². The van der Waals surface area contributed by atoms with Gasteiger partial charge in [0.15, 0.2) is 8.69 Å². The van der Waals surface area contributed by atoms with E-state index in [-0.39, 0.29) is 35.7 Å². The molecule has 0 aliphatic carbocycles. The predicted molar refractivity (Wildman–Crippen MR) is 42.1 cm³/mol. The molecular formula is C5H11NaO4P. The second-order valence-corrected chi connectivity index (χ2v) is 2.74. The average molecular weight is 189 g/mol. The van der Waals surface area contributed by atoms with Crippen molar-refractivity contribution in [3.8, 4) is 0 Å². The monoisotopic (exact) mass is 189 g/mol. The van der Waals surface area contributed by atoms with E-state index >= 15 is 0 Å². The summed E-state index contributed by atoms with van der Waals surface area (Å²) < 4.78 is 25.1. The molecule has 0 saturated carbocycles. The van der Waals surface area contributed by atoms with Crippen LogP contribution in [-0.4, -0.2) is 48.2 Å². The Morgan fingerprint density at radius 1 is 1.73 bits per heavy atom. The molecule has 0 aromatic carbocycles. The van der Waals surface area contributed by atoms with Gasteiger partial charge in [-0.15, -0.1) is 0 Å². The molecule has 3 atom stereocenters. The van der Waals surface area contributed by atoms with Crippen LogP contribution < -0.4 is 0 Å². The Labute approximate surface area is 89.2 Å². The van der Waals surface area contributed by atoms with Gasteiger partial charge in [-0.2, -0.15) is 0 Å². The molecule has 1 aliphatic rings. The van der Waals surface area contributed by atoms with Gasteiger partial charge < -0.3 is 9.47 Å². The van der Waals surface area contributed by atoms with Gasteiger partial charge in [0.1, 0.15) is 0 Å². The van der Waals surface area contributed by atoms with Gasteiger partial charge in [0.2, 0.25) is 0 Å². The van der Waals surface area contributed by atoms with E-state index in [1.165, 1.54) is 0 Å². The first-order valence-corrected chi connectivity index (χ1v) is 4.04. The first-order valence-electron chi connectivity index (χ1n) is 3.09. The summed E-state index contributed by atoms with van der Waals surface area (Å²) in [5.74, 6) is -1.06. The molecule has 0 N–H and O–H groups in total. The van der Waals surface area contributed by atoms with Crippen molar-refractivity contribution in [2.24, 2.45) is 0 Å². The molecule has 61 valence electrons. The normalized spacial score (nSPS) is 37.8. The zero-order valence-electron chi connectivity index (χ0n) is 6.99. The molecule has 0 aromatic rings. The molecule has 1 rings (SSSR count). The Hall–Kier alpha value is 1.11. The van der Waals surface area contributed by atoms with Gasteiger partial charge in [-0.25, -0.2) is 0 Å². The molecule has 11 heavy (non-hydrogen) atoms. The summed E-state index contributed by atoms with van der Waals surface area (Å²) in [4.78, 5) is 0. The van der Waals surface area contributed by atoms with Crippen molar-refractivity contribution in [3.05, 3.63) is 0 Å². The van der Waals surface area contributed by atoms with Crippen molar-refractivity contribution in [2.45, 2.75) is 25.9 Å². The van der Waals surface area contributed by atoms with E-state index in [0.29, 0.717) is 6.61 Å². The van der Waals surface area contributed by atoms with Gasteiger partial charge in [0.05, 0.1) is 12.7 Å². The van der Waals surface area contributed by atoms with Gasteiger partial charge >= 0.3 is 0 Å². The van der Waals surface area contributed by atoms with E-state index in [9.17, 15) is 4.57 Å². The third kappa shape index (κ3) is 3.55. The molecule has 0 spiro atoms. The number of rotatable bonds is 2. The minimum Gasteiger partial charge on any atom is -0.325 e. The maximum absolute atomic E-state index is 10.1. The fraction of sp³-hybridized carbons (Fsp3) is 1.00. The molecule has 3 unspecified atom stereocenters. The molecule has 1 aliphatic heterocycles. The fourth-order valence-corrected chi connectivity index (χ4v) is 1.15. The average Bonchev–Trinajstić information content (AvgIpc) is 2.12. The van der Waals surface area contributed by atoms with E-state index in [1.807, 2.05) is 6.92 Å². The third-order valence-electron chi connectivity index (χ3n) is 1.26. The SMILES string of the molecule is CC1COC(C)(O[PH2]=O)O1.[Na]. The zero-order valence-corrected chi connectivity index (χ0v) is 10.1. The summed E-state index contributed by atoms with van der Waals surface area (Å²) in [6.45, 7) is 3.98. The van der Waals surface area contributed by atoms with Crippen LogP contribution in [0.1, 0.15) is 13.8 Å². The molecule has 0 aromatic heterocycles. The van der Waals surface area contributed by atoms with Gasteiger partial charge in [0, 0.05) is 36.5 Å². The second-order valence-electron chi connectivity index (χ2n) is 2.32. The topological polar surface area (TPSA) is 44.8 Å². The fourth-order valence-electron chi connectivity index (χ4n) is 0.851. The molecule has 1 fully saturated rings. The zero-order chi connectivity index (χ0) is 7.61. The molecule has 0 bridgehead atoms. The van der Waals surface area contributed by atoms with E-state index in [0.717, 1.165) is 0 Å². The van der Waals surface area contributed by atoms with Crippen LogP contribution in [0.3, 0.4) is 0 Å². The van der Waals surface area contributed by atoms with Crippen molar-refractivity contribution >= 4 is 38.2 Å². The Balaban J connectivity index is 0.000001000. The van der Waals surface area contributed by atoms with Crippen LogP contribution >= 0.6 is 8.69 Å². The summed E-state index contributed by atoms with van der Waals surface area (Å²) in [5.41, 5.74) is 0. The van der Waals surface area contributed by atoms with E-state index < -0.39 is 14.7 Å². The minimum atomic E-state index is -1.27. The summed E-state index contributed by atoms with van der Waals surface area (Å²) >= 11 is 0. The van der Waals surface area contributed by atoms with Crippen LogP contribution in [0.25, 0.3) is 0 Å². The van der Waals surface area contributed by atoms with Gasteiger partial charge in [-0.1, -0.05) is 0 Å². The van der Waals surface area contributed by atoms with Crippen LogP contribution in [0.4, 0.5) is 0 Å². The Morgan fingerprint density at radius 3 is 2.73 bits per heavy atom. The predicted octanol–water partition coefficient (Wildman–Crippen LogP) is 0.402. The first-order chi connectivity index (χ1) is 4.66.